The molecule has 1 aromatic carbocycles. The summed E-state index contributed by atoms with van der Waals surface area (Å²) in [6.07, 6.45) is 3.28. The van der Waals surface area contributed by atoms with Crippen LogP contribution in [-0.2, 0) is 6.61 Å². The number of aromatic nitrogens is 1. The van der Waals surface area contributed by atoms with Crippen molar-refractivity contribution in [2.45, 2.75) is 6.61 Å². The molecular weight excluding hydrogens is 317 g/mol. The molecule has 0 radical (unpaired) electrons. The summed E-state index contributed by atoms with van der Waals surface area (Å²) in [5.41, 5.74) is 1.61. The number of benzene rings is 1. The molecule has 20 heavy (non-hydrogen) atoms. The third-order valence-electron chi connectivity index (χ3n) is 2.42. The average molecular weight is 327 g/mol. The van der Waals surface area contributed by atoms with Crippen LogP contribution in [0.15, 0.2) is 36.7 Å². The van der Waals surface area contributed by atoms with Gasteiger partial charge in [0.25, 0.3) is 0 Å². The third kappa shape index (κ3) is 4.31. The molecule has 1 aromatic heterocycles. The Morgan fingerprint density at radius 2 is 2.00 bits per heavy atom. The summed E-state index contributed by atoms with van der Waals surface area (Å²) in [7, 11) is 0. The van der Waals surface area contributed by atoms with Crippen molar-refractivity contribution >= 4 is 34.8 Å². The van der Waals surface area contributed by atoms with Gasteiger partial charge in [0, 0.05) is 27.4 Å². The number of rotatable bonds is 3. The first-order valence-corrected chi connectivity index (χ1v) is 7.04. The van der Waals surface area contributed by atoms with Crippen LogP contribution in [-0.4, -0.2) is 10.9 Å². The van der Waals surface area contributed by atoms with E-state index in [0.717, 1.165) is 11.1 Å². The quantitative estimate of drug-likeness (QED) is 0.609. The van der Waals surface area contributed by atoms with Gasteiger partial charge in [0.1, 0.15) is 12.4 Å². The first-order chi connectivity index (χ1) is 9.69. The minimum Gasteiger partial charge on any atom is -0.487 e. The topological polar surface area (TPSA) is 22.1 Å². The van der Waals surface area contributed by atoms with E-state index in [1.54, 1.807) is 30.6 Å². The van der Waals surface area contributed by atoms with Gasteiger partial charge in [-0.25, -0.2) is 0 Å². The standard InChI is InChI=1S/C15H10Cl3NO/c16-5-1-2-11-6-14(9-19-8-11)20-10-12-3-4-13(17)7-15(12)18/h3-4,6-9H,5,10H2. The molecule has 0 bridgehead atoms. The van der Waals surface area contributed by atoms with Crippen molar-refractivity contribution in [2.24, 2.45) is 0 Å². The highest BCUT2D eigenvalue weighted by molar-refractivity contribution is 6.35. The summed E-state index contributed by atoms with van der Waals surface area (Å²) in [6, 6.07) is 7.08. The van der Waals surface area contributed by atoms with E-state index in [0.29, 0.717) is 22.4 Å². The largest absolute Gasteiger partial charge is 0.487 e. The lowest BCUT2D eigenvalue weighted by molar-refractivity contribution is 0.305. The molecule has 0 N–H and O–H groups in total. The molecule has 0 amide bonds. The Morgan fingerprint density at radius 3 is 2.75 bits per heavy atom. The van der Waals surface area contributed by atoms with E-state index in [4.69, 9.17) is 39.5 Å². The van der Waals surface area contributed by atoms with Crippen molar-refractivity contribution in [3.8, 4) is 17.6 Å². The third-order valence-corrected chi connectivity index (χ3v) is 3.14. The van der Waals surface area contributed by atoms with Crippen molar-refractivity contribution in [1.29, 1.82) is 0 Å². The molecule has 2 nitrogen and oxygen atoms in total. The molecule has 1 heterocycles. The van der Waals surface area contributed by atoms with Crippen LogP contribution in [0.3, 0.4) is 0 Å². The summed E-state index contributed by atoms with van der Waals surface area (Å²) in [5.74, 6) is 6.55. The molecule has 2 rings (SSSR count). The highest BCUT2D eigenvalue weighted by atomic mass is 35.5. The molecule has 0 atom stereocenters. The Bertz CT molecular complexity index is 662. The van der Waals surface area contributed by atoms with Crippen LogP contribution in [0.5, 0.6) is 5.75 Å². The van der Waals surface area contributed by atoms with Gasteiger partial charge in [-0.1, -0.05) is 41.1 Å². The minimum absolute atomic E-state index is 0.283. The number of hydrogen-bond acceptors (Lipinski definition) is 2. The van der Waals surface area contributed by atoms with Crippen molar-refractivity contribution in [1.82, 2.24) is 4.98 Å². The zero-order valence-electron chi connectivity index (χ0n) is 10.4. The predicted molar refractivity (Wildman–Crippen MR) is 82.6 cm³/mol. The molecule has 0 aliphatic carbocycles. The van der Waals surface area contributed by atoms with E-state index in [2.05, 4.69) is 16.8 Å². The average Bonchev–Trinajstić information content (AvgIpc) is 2.45. The van der Waals surface area contributed by atoms with E-state index in [1.807, 2.05) is 6.07 Å². The van der Waals surface area contributed by atoms with Crippen molar-refractivity contribution < 1.29 is 4.74 Å². The van der Waals surface area contributed by atoms with Gasteiger partial charge in [-0.05, 0) is 18.2 Å². The molecule has 2 aromatic rings. The Labute approximate surface area is 132 Å². The summed E-state index contributed by atoms with van der Waals surface area (Å²) >= 11 is 17.4. The number of hydrogen-bond donors (Lipinski definition) is 0. The molecular formula is C15H10Cl3NO. The van der Waals surface area contributed by atoms with E-state index in [1.165, 1.54) is 0 Å². The zero-order chi connectivity index (χ0) is 14.4. The van der Waals surface area contributed by atoms with Gasteiger partial charge in [0.15, 0.2) is 0 Å². The Balaban J connectivity index is 2.07. The second-order valence-corrected chi connectivity index (χ2v) is 4.98. The van der Waals surface area contributed by atoms with Gasteiger partial charge >= 0.3 is 0 Å². The molecule has 0 aliphatic heterocycles. The van der Waals surface area contributed by atoms with Crippen LogP contribution in [0.25, 0.3) is 0 Å². The summed E-state index contributed by atoms with van der Waals surface area (Å²) < 4.78 is 5.64. The molecule has 0 spiro atoms. The lowest BCUT2D eigenvalue weighted by Gasteiger charge is -2.08. The van der Waals surface area contributed by atoms with Crippen molar-refractivity contribution in [3.63, 3.8) is 0 Å². The molecule has 102 valence electrons. The number of ether oxygens (including phenoxy) is 1. The fourth-order valence-electron chi connectivity index (χ4n) is 1.50. The Kier molecular flexibility index (Phi) is 5.55. The molecule has 5 heteroatoms. The van der Waals surface area contributed by atoms with Crippen LogP contribution in [0.4, 0.5) is 0 Å². The number of halogens is 3. The monoisotopic (exact) mass is 325 g/mol. The van der Waals surface area contributed by atoms with Gasteiger partial charge in [0.05, 0.1) is 12.1 Å². The van der Waals surface area contributed by atoms with Crippen molar-refractivity contribution in [3.05, 3.63) is 57.8 Å². The van der Waals surface area contributed by atoms with E-state index >= 15 is 0 Å². The number of pyridine rings is 1. The first kappa shape index (κ1) is 15.0. The van der Waals surface area contributed by atoms with Gasteiger partial charge in [-0.15, -0.1) is 11.6 Å². The maximum atomic E-state index is 6.08. The lowest BCUT2D eigenvalue weighted by atomic mass is 10.2. The minimum atomic E-state index is 0.283. The van der Waals surface area contributed by atoms with Gasteiger partial charge < -0.3 is 4.74 Å². The number of alkyl halides is 1. The second kappa shape index (κ2) is 7.40. The van der Waals surface area contributed by atoms with Gasteiger partial charge in [-0.2, -0.15) is 0 Å². The van der Waals surface area contributed by atoms with Crippen LogP contribution < -0.4 is 4.74 Å². The maximum absolute atomic E-state index is 6.08. The summed E-state index contributed by atoms with van der Waals surface area (Å²) in [4.78, 5) is 4.06. The Morgan fingerprint density at radius 1 is 1.15 bits per heavy atom. The van der Waals surface area contributed by atoms with Gasteiger partial charge in [0.2, 0.25) is 0 Å². The zero-order valence-corrected chi connectivity index (χ0v) is 12.6. The predicted octanol–water partition coefficient (Wildman–Crippen LogP) is 4.56. The van der Waals surface area contributed by atoms with Crippen LogP contribution in [0.2, 0.25) is 10.0 Å². The molecule has 0 saturated heterocycles. The maximum Gasteiger partial charge on any atom is 0.139 e. The fraction of sp³-hybridized carbons (Fsp3) is 0.133. The fourth-order valence-corrected chi connectivity index (χ4v) is 2.03. The highest BCUT2D eigenvalue weighted by Gasteiger charge is 2.03. The first-order valence-electron chi connectivity index (χ1n) is 5.75. The summed E-state index contributed by atoms with van der Waals surface area (Å²) in [6.45, 7) is 0.337. The smallest absolute Gasteiger partial charge is 0.139 e. The molecule has 0 fully saturated rings. The van der Waals surface area contributed by atoms with E-state index in [-0.39, 0.29) is 5.88 Å². The second-order valence-electron chi connectivity index (χ2n) is 3.87. The molecule has 0 saturated carbocycles. The van der Waals surface area contributed by atoms with E-state index in [9.17, 15) is 0 Å². The normalized spacial score (nSPS) is 9.75. The van der Waals surface area contributed by atoms with E-state index < -0.39 is 0 Å². The van der Waals surface area contributed by atoms with Crippen LogP contribution in [0, 0.1) is 11.8 Å². The summed E-state index contributed by atoms with van der Waals surface area (Å²) in [5, 5.41) is 1.17. The SMILES string of the molecule is ClCC#Cc1cncc(OCc2ccc(Cl)cc2Cl)c1. The highest BCUT2D eigenvalue weighted by Crippen LogP contribution is 2.22. The van der Waals surface area contributed by atoms with Gasteiger partial charge in [-0.3, -0.25) is 4.98 Å². The van der Waals surface area contributed by atoms with Crippen LogP contribution >= 0.6 is 34.8 Å². The number of nitrogens with zero attached hydrogens (tertiary/aromatic N) is 1. The Hall–Kier alpha value is -1.40. The lowest BCUT2D eigenvalue weighted by Crippen LogP contribution is -1.97. The van der Waals surface area contributed by atoms with Crippen LogP contribution in [0.1, 0.15) is 11.1 Å². The van der Waals surface area contributed by atoms with Crippen molar-refractivity contribution in [2.75, 3.05) is 5.88 Å². The molecule has 0 unspecified atom stereocenters. The molecule has 0 aliphatic rings.